The molecule has 0 atom stereocenters. The minimum Gasteiger partial charge on any atom is -0.339 e. The standard InChI is InChI=1S/C28H27ClFN5O3/c29-20-6-4-8-22(16-20)31-25(36)18-34-19-35(24-10-2-1-3-11-24)28(26(34)37)12-14-33(15-13-28)27(38)32-23-9-5-7-21(30)17-23/h1-11,16-17H,12-15,18-19H2,(H,31,36)(H,32,38). The van der Waals surface area contributed by atoms with E-state index in [4.69, 9.17) is 11.6 Å². The number of benzene rings is 3. The van der Waals surface area contributed by atoms with Gasteiger partial charge < -0.3 is 25.3 Å². The summed E-state index contributed by atoms with van der Waals surface area (Å²) < 4.78 is 13.5. The summed E-state index contributed by atoms with van der Waals surface area (Å²) in [6, 6.07) is 21.8. The molecule has 0 radical (unpaired) electrons. The molecule has 10 heteroatoms. The summed E-state index contributed by atoms with van der Waals surface area (Å²) in [5, 5.41) is 6.03. The molecule has 2 N–H and O–H groups in total. The largest absolute Gasteiger partial charge is 0.339 e. The predicted octanol–water partition coefficient (Wildman–Crippen LogP) is 4.79. The van der Waals surface area contributed by atoms with Crippen molar-refractivity contribution in [2.75, 3.05) is 41.8 Å². The van der Waals surface area contributed by atoms with Gasteiger partial charge in [0.05, 0.1) is 6.67 Å². The van der Waals surface area contributed by atoms with Gasteiger partial charge in [0.25, 0.3) is 5.91 Å². The molecule has 8 nitrogen and oxygen atoms in total. The average molecular weight is 536 g/mol. The van der Waals surface area contributed by atoms with Crippen LogP contribution in [0.3, 0.4) is 0 Å². The Kier molecular flexibility index (Phi) is 7.20. The van der Waals surface area contributed by atoms with E-state index in [9.17, 15) is 18.8 Å². The van der Waals surface area contributed by atoms with Crippen molar-refractivity contribution in [1.82, 2.24) is 9.80 Å². The zero-order valence-electron chi connectivity index (χ0n) is 20.6. The Labute approximate surface area is 225 Å². The van der Waals surface area contributed by atoms with Crippen molar-refractivity contribution >= 4 is 46.5 Å². The van der Waals surface area contributed by atoms with Gasteiger partial charge in [-0.05, 0) is 61.4 Å². The van der Waals surface area contributed by atoms with Gasteiger partial charge >= 0.3 is 6.03 Å². The van der Waals surface area contributed by atoms with E-state index in [0.29, 0.717) is 42.3 Å². The number of hydrogen-bond acceptors (Lipinski definition) is 4. The van der Waals surface area contributed by atoms with Crippen LogP contribution in [-0.2, 0) is 9.59 Å². The number of amides is 4. The lowest BCUT2D eigenvalue weighted by Gasteiger charge is -2.43. The normalized spacial score (nSPS) is 16.6. The Balaban J connectivity index is 1.30. The maximum absolute atomic E-state index is 13.8. The van der Waals surface area contributed by atoms with Crippen LogP contribution >= 0.6 is 11.6 Å². The first-order valence-corrected chi connectivity index (χ1v) is 12.7. The molecular formula is C28H27ClFN5O3. The number of halogens is 2. The zero-order valence-corrected chi connectivity index (χ0v) is 21.3. The van der Waals surface area contributed by atoms with Crippen LogP contribution in [0.2, 0.25) is 5.02 Å². The number of likely N-dealkylation sites (tertiary alicyclic amines) is 1. The number of piperidine rings is 1. The van der Waals surface area contributed by atoms with Crippen LogP contribution in [0, 0.1) is 5.82 Å². The van der Waals surface area contributed by atoms with Gasteiger partial charge in [0.2, 0.25) is 5.91 Å². The van der Waals surface area contributed by atoms with Gasteiger partial charge in [-0.1, -0.05) is 41.9 Å². The topological polar surface area (TPSA) is 85.0 Å². The molecule has 0 bridgehead atoms. The van der Waals surface area contributed by atoms with Crippen LogP contribution in [0.15, 0.2) is 78.9 Å². The van der Waals surface area contributed by atoms with Gasteiger partial charge in [0.1, 0.15) is 17.9 Å². The van der Waals surface area contributed by atoms with E-state index in [1.807, 2.05) is 35.2 Å². The summed E-state index contributed by atoms with van der Waals surface area (Å²) in [6.45, 7) is 0.805. The molecule has 0 saturated carbocycles. The lowest BCUT2D eigenvalue weighted by molar-refractivity contribution is -0.136. The van der Waals surface area contributed by atoms with E-state index < -0.39 is 11.4 Å². The van der Waals surface area contributed by atoms with Gasteiger partial charge in [-0.25, -0.2) is 9.18 Å². The highest BCUT2D eigenvalue weighted by Gasteiger charge is 2.54. The van der Waals surface area contributed by atoms with Crippen LogP contribution in [-0.4, -0.2) is 59.5 Å². The number of anilines is 3. The first kappa shape index (κ1) is 25.5. The molecule has 4 amide bonds. The predicted molar refractivity (Wildman–Crippen MR) is 145 cm³/mol. The number of para-hydroxylation sites is 1. The lowest BCUT2D eigenvalue weighted by atomic mass is 9.85. The maximum Gasteiger partial charge on any atom is 0.321 e. The fourth-order valence-electron chi connectivity index (χ4n) is 5.11. The minimum absolute atomic E-state index is 0.111. The van der Waals surface area contributed by atoms with Gasteiger partial charge in [-0.15, -0.1) is 0 Å². The van der Waals surface area contributed by atoms with E-state index in [1.54, 1.807) is 40.1 Å². The van der Waals surface area contributed by atoms with Crippen LogP contribution in [0.5, 0.6) is 0 Å². The van der Waals surface area contributed by atoms with Gasteiger partial charge in [-0.3, -0.25) is 9.59 Å². The second kappa shape index (κ2) is 10.7. The third kappa shape index (κ3) is 5.28. The summed E-state index contributed by atoms with van der Waals surface area (Å²) in [6.07, 6.45) is 0.785. The first-order valence-electron chi connectivity index (χ1n) is 12.3. The fourth-order valence-corrected chi connectivity index (χ4v) is 5.30. The Bertz CT molecular complexity index is 1350. The fraction of sp³-hybridized carbons (Fsp3) is 0.250. The molecule has 0 aliphatic carbocycles. The first-order chi connectivity index (χ1) is 18.3. The smallest absolute Gasteiger partial charge is 0.321 e. The number of carbonyl (C=O) groups is 3. The second-order valence-electron chi connectivity index (χ2n) is 9.43. The molecule has 5 rings (SSSR count). The summed E-state index contributed by atoms with van der Waals surface area (Å²) >= 11 is 6.02. The Morgan fingerprint density at radius 3 is 2.26 bits per heavy atom. The summed E-state index contributed by atoms with van der Waals surface area (Å²) in [5.41, 5.74) is 0.917. The summed E-state index contributed by atoms with van der Waals surface area (Å²) in [5.74, 6) is -0.902. The molecule has 1 spiro atoms. The van der Waals surface area contributed by atoms with Crippen LogP contribution < -0.4 is 15.5 Å². The highest BCUT2D eigenvalue weighted by Crippen LogP contribution is 2.39. The Morgan fingerprint density at radius 2 is 1.58 bits per heavy atom. The molecule has 2 heterocycles. The van der Waals surface area contributed by atoms with E-state index in [0.717, 1.165) is 5.69 Å². The number of carbonyl (C=O) groups excluding carboxylic acids is 3. The molecular weight excluding hydrogens is 509 g/mol. The molecule has 0 unspecified atom stereocenters. The Hall–Kier alpha value is -4.11. The van der Waals surface area contributed by atoms with Crippen LogP contribution in [0.25, 0.3) is 0 Å². The van der Waals surface area contributed by atoms with E-state index >= 15 is 0 Å². The van der Waals surface area contributed by atoms with Crippen LogP contribution in [0.1, 0.15) is 12.8 Å². The highest BCUT2D eigenvalue weighted by molar-refractivity contribution is 6.30. The molecule has 3 aromatic carbocycles. The average Bonchev–Trinajstić information content (AvgIpc) is 3.15. The quantitative estimate of drug-likeness (QED) is 0.492. The Morgan fingerprint density at radius 1 is 0.895 bits per heavy atom. The number of nitrogens with zero attached hydrogens (tertiary/aromatic N) is 3. The van der Waals surface area contributed by atoms with Crippen molar-refractivity contribution in [2.45, 2.75) is 18.4 Å². The van der Waals surface area contributed by atoms with Crippen molar-refractivity contribution < 1.29 is 18.8 Å². The molecule has 3 aromatic rings. The summed E-state index contributed by atoms with van der Waals surface area (Å²) in [4.78, 5) is 44.7. The highest BCUT2D eigenvalue weighted by atomic mass is 35.5. The molecule has 38 heavy (non-hydrogen) atoms. The van der Waals surface area contributed by atoms with Crippen molar-refractivity contribution in [2.24, 2.45) is 0 Å². The van der Waals surface area contributed by atoms with Crippen LogP contribution in [0.4, 0.5) is 26.2 Å². The van der Waals surface area contributed by atoms with E-state index in [1.165, 1.54) is 18.2 Å². The second-order valence-corrected chi connectivity index (χ2v) is 9.86. The molecule has 2 aliphatic rings. The lowest BCUT2D eigenvalue weighted by Crippen LogP contribution is -2.58. The molecule has 2 fully saturated rings. The van der Waals surface area contributed by atoms with E-state index in [2.05, 4.69) is 10.6 Å². The van der Waals surface area contributed by atoms with Gasteiger partial charge in [0, 0.05) is 35.2 Å². The monoisotopic (exact) mass is 535 g/mol. The van der Waals surface area contributed by atoms with E-state index in [-0.39, 0.29) is 31.1 Å². The number of hydrogen-bond donors (Lipinski definition) is 2. The minimum atomic E-state index is -0.882. The van der Waals surface area contributed by atoms with Gasteiger partial charge in [0.15, 0.2) is 0 Å². The van der Waals surface area contributed by atoms with Crippen molar-refractivity contribution in [3.8, 4) is 0 Å². The molecule has 0 aromatic heterocycles. The van der Waals surface area contributed by atoms with Crippen molar-refractivity contribution in [3.05, 3.63) is 89.7 Å². The van der Waals surface area contributed by atoms with Crippen molar-refractivity contribution in [3.63, 3.8) is 0 Å². The molecule has 2 aliphatic heterocycles. The molecule has 2 saturated heterocycles. The third-order valence-electron chi connectivity index (χ3n) is 6.98. The zero-order chi connectivity index (χ0) is 26.7. The third-order valence-corrected chi connectivity index (χ3v) is 7.21. The van der Waals surface area contributed by atoms with Crippen molar-refractivity contribution in [1.29, 1.82) is 0 Å². The molecule has 196 valence electrons. The number of urea groups is 1. The SMILES string of the molecule is O=C(CN1CN(c2ccccc2)C2(CCN(C(=O)Nc3cccc(F)c3)CC2)C1=O)Nc1cccc(Cl)c1. The number of rotatable bonds is 5. The summed E-state index contributed by atoms with van der Waals surface area (Å²) in [7, 11) is 0. The maximum atomic E-state index is 13.8. The van der Waals surface area contributed by atoms with Gasteiger partial charge in [-0.2, -0.15) is 0 Å². The number of nitrogens with one attached hydrogen (secondary N) is 2.